The lowest BCUT2D eigenvalue weighted by atomic mass is 9.98. The van der Waals surface area contributed by atoms with Crippen molar-refractivity contribution in [3.05, 3.63) is 23.7 Å². The summed E-state index contributed by atoms with van der Waals surface area (Å²) >= 11 is 0. The smallest absolute Gasteiger partial charge is 0.191 e. The van der Waals surface area contributed by atoms with Crippen molar-refractivity contribution in [2.75, 3.05) is 13.6 Å². The minimum absolute atomic E-state index is 0.130. The number of furan rings is 1. The van der Waals surface area contributed by atoms with Crippen LogP contribution in [0.3, 0.4) is 0 Å². The van der Waals surface area contributed by atoms with Gasteiger partial charge in [-0.1, -0.05) is 0 Å². The normalized spacial score (nSPS) is 20.7. The Morgan fingerprint density at radius 2 is 1.95 bits per heavy atom. The number of hydrogen-bond acceptors (Lipinski definition) is 2. The summed E-state index contributed by atoms with van der Waals surface area (Å²) in [6.45, 7) is 5.13. The lowest BCUT2D eigenvalue weighted by Gasteiger charge is -2.20. The van der Waals surface area contributed by atoms with Gasteiger partial charge in [-0.25, -0.2) is 0 Å². The van der Waals surface area contributed by atoms with Crippen molar-refractivity contribution < 1.29 is 4.42 Å². The molecule has 4 heteroatoms. The standard InChI is InChI=1S/C17H27N3O/c1-11-4-9-16(21-11)12(2)20-17(18-3)19-10-15(13-5-6-13)14-7-8-14/h4,9,12-15H,5-8,10H2,1-3H3,(H2,18,19,20). The summed E-state index contributed by atoms with van der Waals surface area (Å²) in [6, 6.07) is 4.16. The van der Waals surface area contributed by atoms with Gasteiger partial charge in [0.05, 0.1) is 6.04 Å². The van der Waals surface area contributed by atoms with Crippen LogP contribution in [0.4, 0.5) is 0 Å². The third-order valence-corrected chi connectivity index (χ3v) is 4.72. The molecule has 1 heterocycles. The zero-order valence-electron chi connectivity index (χ0n) is 13.4. The second kappa shape index (κ2) is 6.12. The Balaban J connectivity index is 1.50. The summed E-state index contributed by atoms with van der Waals surface area (Å²) in [5, 5.41) is 6.93. The molecule has 0 spiro atoms. The maximum atomic E-state index is 5.67. The summed E-state index contributed by atoms with van der Waals surface area (Å²) in [5.74, 6) is 5.56. The maximum Gasteiger partial charge on any atom is 0.191 e. The van der Waals surface area contributed by atoms with Gasteiger partial charge in [-0.05, 0) is 69.4 Å². The second-order valence-electron chi connectivity index (χ2n) is 6.61. The van der Waals surface area contributed by atoms with Crippen molar-refractivity contribution >= 4 is 5.96 Å². The highest BCUT2D eigenvalue weighted by molar-refractivity contribution is 5.80. The van der Waals surface area contributed by atoms with Crippen molar-refractivity contribution in [2.24, 2.45) is 22.7 Å². The molecule has 0 radical (unpaired) electrons. The summed E-state index contributed by atoms with van der Waals surface area (Å²) < 4.78 is 5.67. The van der Waals surface area contributed by atoms with Gasteiger partial charge >= 0.3 is 0 Å². The lowest BCUT2D eigenvalue weighted by Crippen LogP contribution is -2.41. The van der Waals surface area contributed by atoms with Gasteiger partial charge in [0.1, 0.15) is 11.5 Å². The zero-order valence-corrected chi connectivity index (χ0v) is 13.4. The highest BCUT2D eigenvalue weighted by Crippen LogP contribution is 2.48. The van der Waals surface area contributed by atoms with E-state index < -0.39 is 0 Å². The Labute approximate surface area is 127 Å². The molecule has 21 heavy (non-hydrogen) atoms. The highest BCUT2D eigenvalue weighted by atomic mass is 16.3. The molecule has 0 aromatic carbocycles. The molecular weight excluding hydrogens is 262 g/mol. The quantitative estimate of drug-likeness (QED) is 0.624. The molecule has 116 valence electrons. The number of nitrogens with zero attached hydrogens (tertiary/aromatic N) is 1. The molecule has 0 saturated heterocycles. The van der Waals surface area contributed by atoms with Crippen molar-refractivity contribution in [3.8, 4) is 0 Å². The predicted molar refractivity (Wildman–Crippen MR) is 85.3 cm³/mol. The summed E-state index contributed by atoms with van der Waals surface area (Å²) in [5.41, 5.74) is 0. The monoisotopic (exact) mass is 289 g/mol. The third-order valence-electron chi connectivity index (χ3n) is 4.72. The molecule has 0 bridgehead atoms. The molecule has 2 N–H and O–H groups in total. The van der Waals surface area contributed by atoms with Crippen molar-refractivity contribution in [1.82, 2.24) is 10.6 Å². The molecule has 2 fully saturated rings. The average Bonchev–Trinajstić information content (AvgIpc) is 3.38. The first kappa shape index (κ1) is 14.5. The lowest BCUT2D eigenvalue weighted by molar-refractivity contribution is 0.397. The molecule has 1 unspecified atom stereocenters. The number of nitrogens with one attached hydrogen (secondary N) is 2. The van der Waals surface area contributed by atoms with Crippen molar-refractivity contribution in [3.63, 3.8) is 0 Å². The molecular formula is C17H27N3O. The Hall–Kier alpha value is -1.45. The molecule has 4 nitrogen and oxygen atoms in total. The van der Waals surface area contributed by atoms with Gasteiger partial charge < -0.3 is 15.1 Å². The van der Waals surface area contributed by atoms with Crippen LogP contribution in [0.2, 0.25) is 0 Å². The van der Waals surface area contributed by atoms with Gasteiger partial charge in [-0.3, -0.25) is 4.99 Å². The predicted octanol–water partition coefficient (Wildman–Crippen LogP) is 3.25. The first-order valence-corrected chi connectivity index (χ1v) is 8.21. The molecule has 0 amide bonds. The van der Waals surface area contributed by atoms with E-state index in [9.17, 15) is 0 Å². The van der Waals surface area contributed by atoms with E-state index in [0.29, 0.717) is 0 Å². The largest absolute Gasteiger partial charge is 0.464 e. The zero-order chi connectivity index (χ0) is 14.8. The van der Waals surface area contributed by atoms with Crippen LogP contribution in [0.1, 0.15) is 50.2 Å². The van der Waals surface area contributed by atoms with Gasteiger partial charge in [0.2, 0.25) is 0 Å². The van der Waals surface area contributed by atoms with E-state index >= 15 is 0 Å². The highest BCUT2D eigenvalue weighted by Gasteiger charge is 2.41. The van der Waals surface area contributed by atoms with Gasteiger partial charge in [-0.15, -0.1) is 0 Å². The Kier molecular flexibility index (Phi) is 4.22. The van der Waals surface area contributed by atoms with Crippen LogP contribution in [-0.4, -0.2) is 19.6 Å². The van der Waals surface area contributed by atoms with Crippen LogP contribution in [-0.2, 0) is 0 Å². The molecule has 1 atom stereocenters. The fourth-order valence-corrected chi connectivity index (χ4v) is 3.14. The third kappa shape index (κ3) is 3.80. The van der Waals surface area contributed by atoms with Gasteiger partial charge in [0, 0.05) is 13.6 Å². The van der Waals surface area contributed by atoms with Crippen molar-refractivity contribution in [2.45, 2.75) is 45.6 Å². The molecule has 2 saturated carbocycles. The average molecular weight is 289 g/mol. The Morgan fingerprint density at radius 3 is 2.43 bits per heavy atom. The number of guanidine groups is 1. The number of aliphatic imine (C=N–C) groups is 1. The fourth-order valence-electron chi connectivity index (χ4n) is 3.14. The summed E-state index contributed by atoms with van der Waals surface area (Å²) in [6.07, 6.45) is 5.71. The van der Waals surface area contributed by atoms with Crippen LogP contribution in [0.25, 0.3) is 0 Å². The minimum Gasteiger partial charge on any atom is -0.464 e. The number of aryl methyl sites for hydroxylation is 1. The van der Waals surface area contributed by atoms with E-state index in [1.165, 1.54) is 25.7 Å². The Bertz CT molecular complexity index is 488. The topological polar surface area (TPSA) is 49.6 Å². The molecule has 1 aromatic rings. The van der Waals surface area contributed by atoms with Gasteiger partial charge in [-0.2, -0.15) is 0 Å². The van der Waals surface area contributed by atoms with E-state index in [4.69, 9.17) is 4.42 Å². The summed E-state index contributed by atoms with van der Waals surface area (Å²) in [7, 11) is 1.83. The maximum absolute atomic E-state index is 5.67. The molecule has 0 aliphatic heterocycles. The molecule has 3 rings (SSSR count). The number of hydrogen-bond donors (Lipinski definition) is 2. The van der Waals surface area contributed by atoms with E-state index in [2.05, 4.69) is 22.5 Å². The minimum atomic E-state index is 0.130. The first-order valence-electron chi connectivity index (χ1n) is 8.21. The fraction of sp³-hybridized carbons (Fsp3) is 0.706. The van der Waals surface area contributed by atoms with E-state index in [1.54, 1.807) is 0 Å². The van der Waals surface area contributed by atoms with Gasteiger partial charge in [0.25, 0.3) is 0 Å². The van der Waals surface area contributed by atoms with Crippen LogP contribution in [0.15, 0.2) is 21.5 Å². The number of rotatable bonds is 6. The summed E-state index contributed by atoms with van der Waals surface area (Å²) in [4.78, 5) is 4.34. The second-order valence-corrected chi connectivity index (χ2v) is 6.61. The Morgan fingerprint density at radius 1 is 1.29 bits per heavy atom. The molecule has 2 aliphatic rings. The van der Waals surface area contributed by atoms with Gasteiger partial charge in [0.15, 0.2) is 5.96 Å². The van der Waals surface area contributed by atoms with Crippen LogP contribution < -0.4 is 10.6 Å². The van der Waals surface area contributed by atoms with E-state index in [1.807, 2.05) is 26.1 Å². The van der Waals surface area contributed by atoms with Crippen LogP contribution in [0, 0.1) is 24.7 Å². The van der Waals surface area contributed by atoms with E-state index in [-0.39, 0.29) is 6.04 Å². The van der Waals surface area contributed by atoms with Crippen LogP contribution in [0.5, 0.6) is 0 Å². The molecule has 2 aliphatic carbocycles. The van der Waals surface area contributed by atoms with E-state index in [0.717, 1.165) is 41.8 Å². The van der Waals surface area contributed by atoms with Crippen LogP contribution >= 0.6 is 0 Å². The SMILES string of the molecule is CN=C(NCC(C1CC1)C1CC1)NC(C)c1ccc(C)o1. The first-order chi connectivity index (χ1) is 10.2. The molecule has 1 aromatic heterocycles. The van der Waals surface area contributed by atoms with Crippen molar-refractivity contribution in [1.29, 1.82) is 0 Å².